The number of aliphatic hydroxyl groups excluding tert-OH is 1. The molecule has 2 atom stereocenters. The molecule has 1 rings (SSSR count). The van der Waals surface area contributed by atoms with Crippen molar-refractivity contribution >= 4 is 0 Å². The van der Waals surface area contributed by atoms with E-state index in [-0.39, 0.29) is 24.1 Å². The lowest BCUT2D eigenvalue weighted by Gasteiger charge is -2.29. The lowest BCUT2D eigenvalue weighted by molar-refractivity contribution is -0.160. The van der Waals surface area contributed by atoms with Gasteiger partial charge < -0.3 is 5.11 Å². The molecule has 2 N–H and O–H groups in total. The SMILES string of the molecule is CC(C)C(CCO)NC(c1ccccc1)C(F)(F)F. The number of nitrogens with one attached hydrogen (secondary N) is 1. The smallest absolute Gasteiger partial charge is 0.396 e. The fraction of sp³-hybridized carbons (Fsp3) is 0.571. The minimum atomic E-state index is -4.36. The second-order valence-corrected chi connectivity index (χ2v) is 4.91. The quantitative estimate of drug-likeness (QED) is 0.835. The first kappa shape index (κ1) is 16.0. The van der Waals surface area contributed by atoms with E-state index < -0.39 is 12.2 Å². The number of alkyl halides is 3. The summed E-state index contributed by atoms with van der Waals surface area (Å²) in [5.41, 5.74) is 0.193. The van der Waals surface area contributed by atoms with Crippen LogP contribution in [0.15, 0.2) is 30.3 Å². The molecule has 19 heavy (non-hydrogen) atoms. The van der Waals surface area contributed by atoms with Crippen LogP contribution in [0.25, 0.3) is 0 Å². The first-order valence-electron chi connectivity index (χ1n) is 6.34. The Kier molecular flexibility index (Phi) is 5.82. The van der Waals surface area contributed by atoms with Gasteiger partial charge in [0.2, 0.25) is 0 Å². The third kappa shape index (κ3) is 4.84. The Balaban J connectivity index is 2.93. The molecule has 0 radical (unpaired) electrons. The number of hydrogen-bond acceptors (Lipinski definition) is 2. The van der Waals surface area contributed by atoms with Gasteiger partial charge in [0.05, 0.1) is 0 Å². The summed E-state index contributed by atoms with van der Waals surface area (Å²) in [4.78, 5) is 0. The lowest BCUT2D eigenvalue weighted by Crippen LogP contribution is -2.43. The van der Waals surface area contributed by atoms with Gasteiger partial charge in [0.1, 0.15) is 6.04 Å². The molecule has 2 unspecified atom stereocenters. The molecule has 0 amide bonds. The normalized spacial score (nSPS) is 15.5. The average Bonchev–Trinajstić information content (AvgIpc) is 2.33. The monoisotopic (exact) mass is 275 g/mol. The Morgan fingerprint density at radius 1 is 1.16 bits per heavy atom. The van der Waals surface area contributed by atoms with Gasteiger partial charge in [-0.25, -0.2) is 0 Å². The van der Waals surface area contributed by atoms with Crippen molar-refractivity contribution in [2.75, 3.05) is 6.61 Å². The maximum Gasteiger partial charge on any atom is 0.407 e. The van der Waals surface area contributed by atoms with Crippen molar-refractivity contribution in [3.63, 3.8) is 0 Å². The minimum absolute atomic E-state index is 0.0145. The molecule has 5 heteroatoms. The summed E-state index contributed by atoms with van der Waals surface area (Å²) >= 11 is 0. The highest BCUT2D eigenvalue weighted by Gasteiger charge is 2.41. The van der Waals surface area contributed by atoms with Crippen LogP contribution in [0.4, 0.5) is 13.2 Å². The second kappa shape index (κ2) is 6.91. The van der Waals surface area contributed by atoms with E-state index in [2.05, 4.69) is 5.32 Å². The Bertz CT molecular complexity index is 365. The summed E-state index contributed by atoms with van der Waals surface area (Å²) in [6.45, 7) is 3.55. The number of benzene rings is 1. The fourth-order valence-electron chi connectivity index (χ4n) is 1.99. The summed E-state index contributed by atoms with van der Waals surface area (Å²) in [7, 11) is 0. The van der Waals surface area contributed by atoms with Gasteiger partial charge >= 0.3 is 6.18 Å². The molecule has 0 aliphatic carbocycles. The molecule has 0 aliphatic rings. The molecule has 0 fully saturated rings. The number of hydrogen-bond donors (Lipinski definition) is 2. The van der Waals surface area contributed by atoms with Gasteiger partial charge in [-0.1, -0.05) is 44.2 Å². The predicted octanol–water partition coefficient (Wildman–Crippen LogP) is 3.29. The highest BCUT2D eigenvalue weighted by molar-refractivity contribution is 5.20. The molecule has 2 nitrogen and oxygen atoms in total. The van der Waals surface area contributed by atoms with Crippen LogP contribution in [0.3, 0.4) is 0 Å². The maximum absolute atomic E-state index is 13.1. The molecule has 1 aromatic rings. The third-order valence-electron chi connectivity index (χ3n) is 3.09. The Morgan fingerprint density at radius 2 is 1.74 bits per heavy atom. The van der Waals surface area contributed by atoms with Crippen LogP contribution in [0.1, 0.15) is 31.9 Å². The van der Waals surface area contributed by atoms with E-state index in [0.717, 1.165) is 0 Å². The van der Waals surface area contributed by atoms with Crippen molar-refractivity contribution in [1.82, 2.24) is 5.32 Å². The summed E-state index contributed by atoms with van der Waals surface area (Å²) in [5, 5.41) is 11.6. The van der Waals surface area contributed by atoms with Gasteiger partial charge in [-0.3, -0.25) is 5.32 Å². The van der Waals surface area contributed by atoms with Crippen LogP contribution >= 0.6 is 0 Å². The van der Waals surface area contributed by atoms with E-state index >= 15 is 0 Å². The van der Waals surface area contributed by atoms with Crippen LogP contribution in [0.2, 0.25) is 0 Å². The predicted molar refractivity (Wildman–Crippen MR) is 68.7 cm³/mol. The van der Waals surface area contributed by atoms with Gasteiger partial charge in [-0.15, -0.1) is 0 Å². The minimum Gasteiger partial charge on any atom is -0.396 e. The van der Waals surface area contributed by atoms with Gasteiger partial charge in [0.25, 0.3) is 0 Å². The Labute approximate surface area is 111 Å². The summed E-state index contributed by atoms with van der Waals surface area (Å²) in [6, 6.07) is 5.70. The van der Waals surface area contributed by atoms with Crippen molar-refractivity contribution in [3.8, 4) is 0 Å². The number of aliphatic hydroxyl groups is 1. The molecule has 108 valence electrons. The van der Waals surface area contributed by atoms with E-state index in [0.29, 0.717) is 6.42 Å². The molecular weight excluding hydrogens is 255 g/mol. The van der Waals surface area contributed by atoms with Crippen LogP contribution in [0.5, 0.6) is 0 Å². The number of halogens is 3. The van der Waals surface area contributed by atoms with Crippen LogP contribution in [-0.4, -0.2) is 23.9 Å². The molecule has 0 saturated heterocycles. The largest absolute Gasteiger partial charge is 0.407 e. The van der Waals surface area contributed by atoms with Gasteiger partial charge in [-0.2, -0.15) is 13.2 Å². The van der Waals surface area contributed by atoms with Gasteiger partial charge in [-0.05, 0) is 17.9 Å². The van der Waals surface area contributed by atoms with E-state index in [9.17, 15) is 13.2 Å². The van der Waals surface area contributed by atoms with Crippen molar-refractivity contribution in [1.29, 1.82) is 0 Å². The summed E-state index contributed by atoms with van der Waals surface area (Å²) in [6.07, 6.45) is -4.05. The molecule has 0 bridgehead atoms. The summed E-state index contributed by atoms with van der Waals surface area (Å²) in [5.74, 6) is 0.0145. The van der Waals surface area contributed by atoms with Crippen LogP contribution in [-0.2, 0) is 0 Å². The molecule has 0 aliphatic heterocycles. The molecule has 0 spiro atoms. The number of rotatable bonds is 6. The second-order valence-electron chi connectivity index (χ2n) is 4.91. The van der Waals surface area contributed by atoms with E-state index in [4.69, 9.17) is 5.11 Å². The highest BCUT2D eigenvalue weighted by atomic mass is 19.4. The summed E-state index contributed by atoms with van der Waals surface area (Å²) < 4.78 is 39.4. The maximum atomic E-state index is 13.1. The zero-order chi connectivity index (χ0) is 14.5. The van der Waals surface area contributed by atoms with Crippen LogP contribution in [0, 0.1) is 5.92 Å². The van der Waals surface area contributed by atoms with Crippen LogP contribution < -0.4 is 5.32 Å². The average molecular weight is 275 g/mol. The molecular formula is C14H20F3NO. The molecule has 1 aromatic carbocycles. The zero-order valence-corrected chi connectivity index (χ0v) is 11.1. The topological polar surface area (TPSA) is 32.3 Å². The van der Waals surface area contributed by atoms with E-state index in [1.807, 2.05) is 13.8 Å². The van der Waals surface area contributed by atoms with Gasteiger partial charge in [0.15, 0.2) is 0 Å². The Hall–Kier alpha value is -1.07. The van der Waals surface area contributed by atoms with Crippen molar-refractivity contribution in [3.05, 3.63) is 35.9 Å². The fourth-order valence-corrected chi connectivity index (χ4v) is 1.99. The highest BCUT2D eigenvalue weighted by Crippen LogP contribution is 2.33. The van der Waals surface area contributed by atoms with Crippen molar-refractivity contribution in [2.24, 2.45) is 5.92 Å². The van der Waals surface area contributed by atoms with Crippen molar-refractivity contribution < 1.29 is 18.3 Å². The first-order chi connectivity index (χ1) is 8.86. The molecule has 0 aromatic heterocycles. The molecule has 0 saturated carbocycles. The molecule has 0 heterocycles. The van der Waals surface area contributed by atoms with Gasteiger partial charge in [0, 0.05) is 12.6 Å². The third-order valence-corrected chi connectivity index (χ3v) is 3.09. The van der Waals surface area contributed by atoms with E-state index in [1.54, 1.807) is 18.2 Å². The van der Waals surface area contributed by atoms with Crippen molar-refractivity contribution in [2.45, 2.75) is 38.5 Å². The first-order valence-corrected chi connectivity index (χ1v) is 6.34. The van der Waals surface area contributed by atoms with E-state index in [1.165, 1.54) is 12.1 Å². The Morgan fingerprint density at radius 3 is 2.16 bits per heavy atom. The zero-order valence-electron chi connectivity index (χ0n) is 11.1. The standard InChI is InChI=1S/C14H20F3NO/c1-10(2)12(8-9-19)18-13(14(15,16)17)11-6-4-3-5-7-11/h3-7,10,12-13,18-19H,8-9H2,1-2H3. The lowest BCUT2D eigenvalue weighted by atomic mass is 9.98.